The number of fused-ring (bicyclic) bond motifs is 1. The number of hydrogen-bond donors (Lipinski definition) is 2. The van der Waals surface area contributed by atoms with Crippen LogP contribution in [0.5, 0.6) is 0 Å². The van der Waals surface area contributed by atoms with Gasteiger partial charge in [0.2, 0.25) is 10.0 Å². The Labute approximate surface area is 150 Å². The summed E-state index contributed by atoms with van der Waals surface area (Å²) in [5, 5.41) is 3.22. The number of para-hydroxylation sites is 1. The topological polar surface area (TPSA) is 88.2 Å². The molecule has 0 fully saturated rings. The number of nitrogens with zero attached hydrogens (tertiary/aromatic N) is 1. The Morgan fingerprint density at radius 3 is 2.72 bits per heavy atom. The van der Waals surface area contributed by atoms with Crippen molar-refractivity contribution in [2.45, 2.75) is 13.8 Å². The maximum Gasteiger partial charge on any atom is 0.259 e. The van der Waals surface area contributed by atoms with Gasteiger partial charge in [0.05, 0.1) is 27.2 Å². The molecular formula is C17H17N3O3S2. The molecule has 130 valence electrons. The van der Waals surface area contributed by atoms with Crippen LogP contribution in [0.15, 0.2) is 42.5 Å². The molecular weight excluding hydrogens is 358 g/mol. The Balaban J connectivity index is 1.88. The Bertz CT molecular complexity index is 1040. The molecule has 8 heteroatoms. The smallest absolute Gasteiger partial charge is 0.259 e. The highest BCUT2D eigenvalue weighted by molar-refractivity contribution is 7.92. The number of anilines is 2. The maximum atomic E-state index is 12.6. The third kappa shape index (κ3) is 3.97. The second-order valence-electron chi connectivity index (χ2n) is 5.50. The van der Waals surface area contributed by atoms with Gasteiger partial charge in [-0.2, -0.15) is 0 Å². The van der Waals surface area contributed by atoms with Crippen molar-refractivity contribution in [3.05, 3.63) is 53.6 Å². The molecule has 1 heterocycles. The Kier molecular flexibility index (Phi) is 4.73. The van der Waals surface area contributed by atoms with Gasteiger partial charge in [0.1, 0.15) is 0 Å². The number of benzene rings is 2. The summed E-state index contributed by atoms with van der Waals surface area (Å²) in [6, 6.07) is 12.4. The highest BCUT2D eigenvalue weighted by atomic mass is 32.2. The lowest BCUT2D eigenvalue weighted by Crippen LogP contribution is -2.19. The summed E-state index contributed by atoms with van der Waals surface area (Å²) in [5.41, 5.74) is 2.42. The van der Waals surface area contributed by atoms with Crippen LogP contribution in [-0.4, -0.2) is 25.1 Å². The fraction of sp³-hybridized carbons (Fsp3) is 0.176. The molecule has 0 radical (unpaired) electrons. The summed E-state index contributed by atoms with van der Waals surface area (Å²) in [6.45, 7) is 3.53. The van der Waals surface area contributed by atoms with E-state index in [2.05, 4.69) is 15.0 Å². The molecule has 6 nitrogen and oxygen atoms in total. The molecule has 0 aliphatic rings. The monoisotopic (exact) mass is 375 g/mol. The van der Waals surface area contributed by atoms with E-state index in [4.69, 9.17) is 0 Å². The molecule has 25 heavy (non-hydrogen) atoms. The summed E-state index contributed by atoms with van der Waals surface area (Å²) in [5.74, 6) is -0.481. The molecule has 0 spiro atoms. The lowest BCUT2D eigenvalue weighted by molar-refractivity contribution is 0.102. The van der Waals surface area contributed by atoms with Crippen LogP contribution in [-0.2, 0) is 10.0 Å². The van der Waals surface area contributed by atoms with Gasteiger partial charge in [0.15, 0.2) is 5.13 Å². The molecule has 3 aromatic rings. The number of rotatable bonds is 5. The normalized spacial score (nSPS) is 11.4. The van der Waals surface area contributed by atoms with E-state index in [-0.39, 0.29) is 17.0 Å². The van der Waals surface area contributed by atoms with Gasteiger partial charge < -0.3 is 0 Å². The number of thiazole rings is 1. The fourth-order valence-electron chi connectivity index (χ4n) is 2.26. The van der Waals surface area contributed by atoms with Crippen molar-refractivity contribution >= 4 is 48.3 Å². The van der Waals surface area contributed by atoms with Crippen LogP contribution in [0.4, 0.5) is 10.8 Å². The standard InChI is InChI=1S/C17H17N3O3S2/c1-3-25(22,23)20-13-7-5-4-6-12(13)16(21)19-17-18-14-9-8-11(2)10-15(14)24-17/h4-10,20H,3H2,1-2H3,(H,18,19,21). The predicted octanol–water partition coefficient (Wildman–Crippen LogP) is 3.62. The van der Waals surface area contributed by atoms with E-state index in [0.717, 1.165) is 15.8 Å². The van der Waals surface area contributed by atoms with Gasteiger partial charge in [0, 0.05) is 0 Å². The number of sulfonamides is 1. The number of aryl methyl sites for hydroxylation is 1. The minimum Gasteiger partial charge on any atom is -0.298 e. The number of amides is 1. The molecule has 1 aromatic heterocycles. The third-order valence-corrected chi connectivity index (χ3v) is 5.81. The zero-order chi connectivity index (χ0) is 18.0. The van der Waals surface area contributed by atoms with Crippen LogP contribution in [0.3, 0.4) is 0 Å². The molecule has 0 atom stereocenters. The third-order valence-electron chi connectivity index (χ3n) is 3.58. The molecule has 0 unspecified atom stereocenters. The molecule has 0 bridgehead atoms. The minimum atomic E-state index is -3.47. The highest BCUT2D eigenvalue weighted by Gasteiger charge is 2.16. The van der Waals surface area contributed by atoms with E-state index in [1.165, 1.54) is 18.3 Å². The Morgan fingerprint density at radius 1 is 1.20 bits per heavy atom. The first-order valence-corrected chi connectivity index (χ1v) is 10.1. The first kappa shape index (κ1) is 17.4. The first-order chi connectivity index (χ1) is 11.9. The van der Waals surface area contributed by atoms with Crippen molar-refractivity contribution in [1.29, 1.82) is 0 Å². The van der Waals surface area contributed by atoms with E-state index in [1.54, 1.807) is 24.3 Å². The second kappa shape index (κ2) is 6.81. The molecule has 3 rings (SSSR count). The van der Waals surface area contributed by atoms with E-state index >= 15 is 0 Å². The molecule has 0 saturated carbocycles. The predicted molar refractivity (Wildman–Crippen MR) is 102 cm³/mol. The maximum absolute atomic E-state index is 12.6. The Hall–Kier alpha value is -2.45. The van der Waals surface area contributed by atoms with Crippen LogP contribution in [0.2, 0.25) is 0 Å². The van der Waals surface area contributed by atoms with Gasteiger partial charge in [-0.1, -0.05) is 29.5 Å². The van der Waals surface area contributed by atoms with Crippen molar-refractivity contribution in [2.75, 3.05) is 15.8 Å². The van der Waals surface area contributed by atoms with E-state index < -0.39 is 15.9 Å². The average molecular weight is 375 g/mol. The minimum absolute atomic E-state index is 0.0693. The van der Waals surface area contributed by atoms with Crippen molar-refractivity contribution in [1.82, 2.24) is 4.98 Å². The van der Waals surface area contributed by atoms with Crippen molar-refractivity contribution in [2.24, 2.45) is 0 Å². The zero-order valence-corrected chi connectivity index (χ0v) is 15.4. The van der Waals surface area contributed by atoms with Crippen LogP contribution < -0.4 is 10.0 Å². The van der Waals surface area contributed by atoms with Crippen LogP contribution >= 0.6 is 11.3 Å². The van der Waals surface area contributed by atoms with Gasteiger partial charge in [-0.05, 0) is 43.7 Å². The molecule has 0 aliphatic carbocycles. The number of nitrogens with one attached hydrogen (secondary N) is 2. The Morgan fingerprint density at radius 2 is 1.96 bits per heavy atom. The van der Waals surface area contributed by atoms with E-state index in [0.29, 0.717) is 5.13 Å². The quantitative estimate of drug-likeness (QED) is 0.713. The number of carbonyl (C=O) groups is 1. The van der Waals surface area contributed by atoms with Gasteiger partial charge in [0.25, 0.3) is 5.91 Å². The molecule has 2 N–H and O–H groups in total. The summed E-state index contributed by atoms with van der Waals surface area (Å²) in [6.07, 6.45) is 0. The van der Waals surface area contributed by atoms with Crippen molar-refractivity contribution < 1.29 is 13.2 Å². The zero-order valence-electron chi connectivity index (χ0n) is 13.7. The second-order valence-corrected chi connectivity index (χ2v) is 8.54. The lowest BCUT2D eigenvalue weighted by atomic mass is 10.2. The summed E-state index contributed by atoms with van der Waals surface area (Å²) in [7, 11) is -3.47. The first-order valence-electron chi connectivity index (χ1n) is 7.66. The van der Waals surface area contributed by atoms with E-state index in [9.17, 15) is 13.2 Å². The van der Waals surface area contributed by atoms with Crippen molar-refractivity contribution in [3.8, 4) is 0 Å². The van der Waals surface area contributed by atoms with Crippen LogP contribution in [0.25, 0.3) is 10.2 Å². The van der Waals surface area contributed by atoms with Gasteiger partial charge >= 0.3 is 0 Å². The molecule has 2 aromatic carbocycles. The average Bonchev–Trinajstić information content (AvgIpc) is 2.96. The SMILES string of the molecule is CCS(=O)(=O)Nc1ccccc1C(=O)Nc1nc2ccc(C)cc2s1. The number of carbonyl (C=O) groups excluding carboxylic acids is 1. The fourth-order valence-corrected chi connectivity index (χ4v) is 3.88. The number of hydrogen-bond acceptors (Lipinski definition) is 5. The van der Waals surface area contributed by atoms with Gasteiger partial charge in [-0.15, -0.1) is 0 Å². The molecule has 1 amide bonds. The summed E-state index contributed by atoms with van der Waals surface area (Å²) in [4.78, 5) is 17.0. The largest absolute Gasteiger partial charge is 0.298 e. The highest BCUT2D eigenvalue weighted by Crippen LogP contribution is 2.27. The van der Waals surface area contributed by atoms with Crippen LogP contribution in [0.1, 0.15) is 22.8 Å². The van der Waals surface area contributed by atoms with Gasteiger partial charge in [-0.25, -0.2) is 13.4 Å². The van der Waals surface area contributed by atoms with Crippen LogP contribution in [0, 0.1) is 6.92 Å². The number of aromatic nitrogens is 1. The van der Waals surface area contributed by atoms with E-state index in [1.807, 2.05) is 25.1 Å². The summed E-state index contributed by atoms with van der Waals surface area (Å²) < 4.78 is 27.0. The summed E-state index contributed by atoms with van der Waals surface area (Å²) >= 11 is 1.38. The van der Waals surface area contributed by atoms with Gasteiger partial charge in [-0.3, -0.25) is 14.8 Å². The lowest BCUT2D eigenvalue weighted by Gasteiger charge is -2.10. The van der Waals surface area contributed by atoms with Crippen molar-refractivity contribution in [3.63, 3.8) is 0 Å². The molecule has 0 saturated heterocycles. The molecule has 0 aliphatic heterocycles.